The van der Waals surface area contributed by atoms with Crippen LogP contribution in [0.2, 0.25) is 0 Å². The molecule has 1 atom stereocenters. The standard InChI is InChI=1S/C5H9Br3/c1-2-4(6)3-5(7)8/h4-5H,2-3H2,1H3. The molecule has 3 heteroatoms. The third-order valence-corrected chi connectivity index (χ3v) is 2.65. The second-order valence-electron chi connectivity index (χ2n) is 1.63. The van der Waals surface area contributed by atoms with Gasteiger partial charge in [-0.05, 0) is 12.8 Å². The van der Waals surface area contributed by atoms with Crippen LogP contribution >= 0.6 is 47.8 Å². The molecule has 0 spiro atoms. The maximum absolute atomic E-state index is 3.52. The monoisotopic (exact) mass is 306 g/mol. The Kier molecular flexibility index (Phi) is 6.19. The Balaban J connectivity index is 3.10. The first-order valence-electron chi connectivity index (χ1n) is 2.59. The summed E-state index contributed by atoms with van der Waals surface area (Å²) in [5, 5.41) is 0. The van der Waals surface area contributed by atoms with Crippen LogP contribution in [0, 0.1) is 0 Å². The van der Waals surface area contributed by atoms with Crippen LogP contribution < -0.4 is 0 Å². The van der Waals surface area contributed by atoms with Gasteiger partial charge in [-0.1, -0.05) is 54.7 Å². The van der Waals surface area contributed by atoms with E-state index in [2.05, 4.69) is 54.7 Å². The molecule has 0 N–H and O–H groups in total. The lowest BCUT2D eigenvalue weighted by Gasteiger charge is -2.05. The van der Waals surface area contributed by atoms with Crippen LogP contribution in [0.15, 0.2) is 0 Å². The van der Waals surface area contributed by atoms with Crippen molar-refractivity contribution in [3.05, 3.63) is 0 Å². The highest BCUT2D eigenvalue weighted by Crippen LogP contribution is 2.20. The molecule has 0 aromatic carbocycles. The molecular weight excluding hydrogens is 300 g/mol. The summed E-state index contributed by atoms with van der Waals surface area (Å²) in [7, 11) is 0. The second-order valence-corrected chi connectivity index (χ2v) is 6.37. The maximum Gasteiger partial charge on any atom is 0.0708 e. The van der Waals surface area contributed by atoms with Crippen molar-refractivity contribution >= 4 is 47.8 Å². The highest BCUT2D eigenvalue weighted by atomic mass is 79.9. The van der Waals surface area contributed by atoms with Crippen LogP contribution in [0.25, 0.3) is 0 Å². The zero-order chi connectivity index (χ0) is 6.57. The average molecular weight is 309 g/mol. The highest BCUT2D eigenvalue weighted by Gasteiger charge is 2.04. The predicted octanol–water partition coefficient (Wildman–Crippen LogP) is 3.67. The first kappa shape index (κ1) is 9.44. The summed E-state index contributed by atoms with van der Waals surface area (Å²) >= 11 is 10.3. The highest BCUT2D eigenvalue weighted by molar-refractivity contribution is 9.24. The molecule has 0 saturated carbocycles. The smallest absolute Gasteiger partial charge is 0.0708 e. The quantitative estimate of drug-likeness (QED) is 0.698. The molecule has 0 aromatic heterocycles. The molecular formula is C5H9Br3. The normalized spacial score (nSPS) is 14.6. The van der Waals surface area contributed by atoms with Crippen molar-refractivity contribution in [2.75, 3.05) is 0 Å². The summed E-state index contributed by atoms with van der Waals surface area (Å²) in [6, 6.07) is 0. The van der Waals surface area contributed by atoms with E-state index in [1.165, 1.54) is 6.42 Å². The van der Waals surface area contributed by atoms with Crippen molar-refractivity contribution in [1.29, 1.82) is 0 Å². The molecule has 0 nitrogen and oxygen atoms in total. The molecule has 0 rings (SSSR count). The molecule has 0 fully saturated rings. The molecule has 0 saturated heterocycles. The molecule has 8 heavy (non-hydrogen) atoms. The van der Waals surface area contributed by atoms with Crippen molar-refractivity contribution in [1.82, 2.24) is 0 Å². The van der Waals surface area contributed by atoms with E-state index in [1.54, 1.807) is 0 Å². The Morgan fingerprint density at radius 1 is 1.25 bits per heavy atom. The summed E-state index contributed by atoms with van der Waals surface area (Å²) in [4.78, 5) is 0.645. The van der Waals surface area contributed by atoms with Gasteiger partial charge < -0.3 is 0 Å². The van der Waals surface area contributed by atoms with E-state index in [-0.39, 0.29) is 0 Å². The van der Waals surface area contributed by atoms with Crippen LogP contribution in [-0.4, -0.2) is 8.56 Å². The summed E-state index contributed by atoms with van der Waals surface area (Å²) in [5.41, 5.74) is 0. The number of alkyl halides is 3. The largest absolute Gasteiger partial charge is 0.0890 e. The number of rotatable bonds is 3. The molecule has 0 bridgehead atoms. The van der Waals surface area contributed by atoms with Crippen molar-refractivity contribution in [3.63, 3.8) is 0 Å². The van der Waals surface area contributed by atoms with E-state index in [0.29, 0.717) is 8.56 Å². The van der Waals surface area contributed by atoms with Crippen LogP contribution in [0.1, 0.15) is 19.8 Å². The van der Waals surface area contributed by atoms with E-state index in [4.69, 9.17) is 0 Å². The maximum atomic E-state index is 3.52. The zero-order valence-corrected chi connectivity index (χ0v) is 9.46. The Morgan fingerprint density at radius 3 is 1.88 bits per heavy atom. The lowest BCUT2D eigenvalue weighted by Crippen LogP contribution is -1.99. The van der Waals surface area contributed by atoms with Crippen molar-refractivity contribution < 1.29 is 0 Å². The summed E-state index contributed by atoms with van der Waals surface area (Å²) < 4.78 is 0.458. The van der Waals surface area contributed by atoms with Gasteiger partial charge in [-0.25, -0.2) is 0 Å². The van der Waals surface area contributed by atoms with Crippen LogP contribution in [0.5, 0.6) is 0 Å². The Hall–Kier alpha value is 1.44. The van der Waals surface area contributed by atoms with Gasteiger partial charge in [0.1, 0.15) is 0 Å². The van der Waals surface area contributed by atoms with E-state index in [0.717, 1.165) is 6.42 Å². The van der Waals surface area contributed by atoms with Crippen molar-refractivity contribution in [2.45, 2.75) is 28.3 Å². The van der Waals surface area contributed by atoms with Gasteiger partial charge in [0.2, 0.25) is 0 Å². The van der Waals surface area contributed by atoms with E-state index >= 15 is 0 Å². The average Bonchev–Trinajstić information content (AvgIpc) is 1.65. The Labute approximate surface area is 75.8 Å². The van der Waals surface area contributed by atoms with Gasteiger partial charge >= 0.3 is 0 Å². The first-order chi connectivity index (χ1) is 3.66. The minimum absolute atomic E-state index is 0.458. The van der Waals surface area contributed by atoms with Gasteiger partial charge in [-0.15, -0.1) is 0 Å². The fourth-order valence-electron chi connectivity index (χ4n) is 0.360. The van der Waals surface area contributed by atoms with Gasteiger partial charge in [0.15, 0.2) is 0 Å². The van der Waals surface area contributed by atoms with E-state index < -0.39 is 0 Å². The minimum Gasteiger partial charge on any atom is -0.0890 e. The van der Waals surface area contributed by atoms with Crippen LogP contribution in [0.3, 0.4) is 0 Å². The third kappa shape index (κ3) is 5.57. The number of hydrogen-bond donors (Lipinski definition) is 0. The van der Waals surface area contributed by atoms with Gasteiger partial charge in [-0.2, -0.15) is 0 Å². The summed E-state index contributed by atoms with van der Waals surface area (Å²) in [6.45, 7) is 2.17. The molecule has 0 amide bonds. The van der Waals surface area contributed by atoms with Crippen LogP contribution in [0.4, 0.5) is 0 Å². The third-order valence-electron chi connectivity index (χ3n) is 0.877. The van der Waals surface area contributed by atoms with Gasteiger partial charge in [-0.3, -0.25) is 0 Å². The van der Waals surface area contributed by atoms with Gasteiger partial charge in [0.05, 0.1) is 3.74 Å². The summed E-state index contributed by atoms with van der Waals surface area (Å²) in [6.07, 6.45) is 2.32. The second kappa shape index (κ2) is 5.24. The molecule has 0 aliphatic rings. The molecule has 0 aliphatic heterocycles. The van der Waals surface area contributed by atoms with Crippen LogP contribution in [-0.2, 0) is 0 Å². The molecule has 50 valence electrons. The molecule has 1 unspecified atom stereocenters. The van der Waals surface area contributed by atoms with Crippen molar-refractivity contribution in [2.24, 2.45) is 0 Å². The molecule has 0 radical (unpaired) electrons. The van der Waals surface area contributed by atoms with Gasteiger partial charge in [0.25, 0.3) is 0 Å². The summed E-state index contributed by atoms with van der Waals surface area (Å²) in [5.74, 6) is 0. The zero-order valence-electron chi connectivity index (χ0n) is 4.70. The predicted molar refractivity (Wildman–Crippen MR) is 49.3 cm³/mol. The Bertz CT molecular complexity index is 53.6. The fourth-order valence-corrected chi connectivity index (χ4v) is 2.64. The van der Waals surface area contributed by atoms with E-state index in [1.807, 2.05) is 0 Å². The minimum atomic E-state index is 0.458. The lowest BCUT2D eigenvalue weighted by atomic mass is 10.3. The SMILES string of the molecule is CCC(Br)CC(Br)Br. The topological polar surface area (TPSA) is 0 Å². The Morgan fingerprint density at radius 2 is 1.75 bits per heavy atom. The first-order valence-corrected chi connectivity index (χ1v) is 5.33. The van der Waals surface area contributed by atoms with E-state index in [9.17, 15) is 0 Å². The fraction of sp³-hybridized carbons (Fsp3) is 1.00. The number of hydrogen-bond acceptors (Lipinski definition) is 0. The molecule has 0 aliphatic carbocycles. The molecule has 0 aromatic rings. The number of halogens is 3. The molecule has 0 heterocycles. The van der Waals surface area contributed by atoms with Crippen molar-refractivity contribution in [3.8, 4) is 0 Å². The van der Waals surface area contributed by atoms with Gasteiger partial charge in [0, 0.05) is 4.83 Å². The lowest BCUT2D eigenvalue weighted by molar-refractivity contribution is 0.804.